The van der Waals surface area contributed by atoms with Crippen LogP contribution < -0.4 is 10.6 Å². The lowest BCUT2D eigenvalue weighted by Gasteiger charge is -2.12. The lowest BCUT2D eigenvalue weighted by atomic mass is 9.99. The molecule has 0 unspecified atom stereocenters. The van der Waals surface area contributed by atoms with E-state index < -0.39 is 0 Å². The average molecular weight is 246 g/mol. The minimum atomic E-state index is 0.0441. The molecule has 98 valence electrons. The number of aryl methyl sites for hydroxylation is 3. The van der Waals surface area contributed by atoms with Crippen LogP contribution in [-0.2, 0) is 0 Å². The molecule has 1 saturated carbocycles. The summed E-state index contributed by atoms with van der Waals surface area (Å²) in [6.07, 6.45) is 2.56. The van der Waals surface area contributed by atoms with Gasteiger partial charge in [0.25, 0.3) is 5.91 Å². The Morgan fingerprint density at radius 3 is 2.33 bits per heavy atom. The van der Waals surface area contributed by atoms with Gasteiger partial charge in [-0.1, -0.05) is 17.7 Å². The predicted octanol–water partition coefficient (Wildman–Crippen LogP) is 2.09. The van der Waals surface area contributed by atoms with Crippen molar-refractivity contribution < 1.29 is 4.79 Å². The molecule has 0 aliphatic heterocycles. The van der Waals surface area contributed by atoms with Crippen LogP contribution in [0.2, 0.25) is 0 Å². The van der Waals surface area contributed by atoms with Crippen molar-refractivity contribution in [2.75, 3.05) is 13.1 Å². The smallest absolute Gasteiger partial charge is 0.251 e. The fourth-order valence-electron chi connectivity index (χ4n) is 2.37. The van der Waals surface area contributed by atoms with E-state index in [2.05, 4.69) is 29.7 Å². The van der Waals surface area contributed by atoms with Gasteiger partial charge in [-0.2, -0.15) is 0 Å². The monoisotopic (exact) mass is 246 g/mol. The molecule has 0 aromatic heterocycles. The summed E-state index contributed by atoms with van der Waals surface area (Å²) in [5.41, 5.74) is 4.14. The first kappa shape index (κ1) is 13.1. The van der Waals surface area contributed by atoms with Gasteiger partial charge in [0, 0.05) is 24.7 Å². The Hall–Kier alpha value is -1.35. The molecule has 0 heterocycles. The maximum Gasteiger partial charge on any atom is 0.251 e. The Bertz CT molecular complexity index is 427. The van der Waals surface area contributed by atoms with Crippen LogP contribution in [0.1, 0.15) is 39.9 Å². The molecule has 1 fully saturated rings. The van der Waals surface area contributed by atoms with E-state index in [1.54, 1.807) is 0 Å². The zero-order valence-corrected chi connectivity index (χ0v) is 11.5. The van der Waals surface area contributed by atoms with Gasteiger partial charge in [0.2, 0.25) is 0 Å². The molecule has 3 nitrogen and oxygen atoms in total. The molecule has 0 saturated heterocycles. The van der Waals surface area contributed by atoms with Crippen LogP contribution in [-0.4, -0.2) is 25.0 Å². The fraction of sp³-hybridized carbons (Fsp3) is 0.533. The quantitative estimate of drug-likeness (QED) is 0.781. The third kappa shape index (κ3) is 3.33. The number of hydrogen-bond acceptors (Lipinski definition) is 2. The Kier molecular flexibility index (Phi) is 4.02. The van der Waals surface area contributed by atoms with Crippen molar-refractivity contribution in [3.05, 3.63) is 34.4 Å². The fourth-order valence-corrected chi connectivity index (χ4v) is 2.37. The Morgan fingerprint density at radius 2 is 1.78 bits per heavy atom. The van der Waals surface area contributed by atoms with Crippen molar-refractivity contribution in [3.8, 4) is 0 Å². The summed E-state index contributed by atoms with van der Waals surface area (Å²) in [6, 6.07) is 4.82. The minimum Gasteiger partial charge on any atom is -0.351 e. The summed E-state index contributed by atoms with van der Waals surface area (Å²) in [7, 11) is 0. The number of rotatable bonds is 5. The second-order valence-corrected chi connectivity index (χ2v) is 5.26. The molecule has 0 bridgehead atoms. The highest BCUT2D eigenvalue weighted by Crippen LogP contribution is 2.18. The summed E-state index contributed by atoms with van der Waals surface area (Å²) >= 11 is 0. The number of carbonyl (C=O) groups excluding carboxylic acids is 1. The SMILES string of the molecule is Cc1cc(C)c(C(=O)NCCNC2CC2)c(C)c1. The van der Waals surface area contributed by atoms with E-state index in [0.717, 1.165) is 23.2 Å². The molecule has 1 aromatic carbocycles. The highest BCUT2D eigenvalue weighted by atomic mass is 16.1. The van der Waals surface area contributed by atoms with Gasteiger partial charge in [-0.05, 0) is 44.7 Å². The molecule has 2 N–H and O–H groups in total. The second-order valence-electron chi connectivity index (χ2n) is 5.26. The molecular formula is C15H22N2O. The summed E-state index contributed by atoms with van der Waals surface area (Å²) in [4.78, 5) is 12.1. The van der Waals surface area contributed by atoms with E-state index >= 15 is 0 Å². The van der Waals surface area contributed by atoms with Crippen molar-refractivity contribution in [2.45, 2.75) is 39.7 Å². The molecule has 0 radical (unpaired) electrons. The maximum atomic E-state index is 12.1. The normalized spacial score (nSPS) is 14.6. The van der Waals surface area contributed by atoms with Gasteiger partial charge >= 0.3 is 0 Å². The number of hydrogen-bond donors (Lipinski definition) is 2. The molecule has 1 aromatic rings. The number of benzene rings is 1. The van der Waals surface area contributed by atoms with E-state index in [1.165, 1.54) is 18.4 Å². The van der Waals surface area contributed by atoms with Gasteiger partial charge in [0.15, 0.2) is 0 Å². The van der Waals surface area contributed by atoms with E-state index in [1.807, 2.05) is 13.8 Å². The average Bonchev–Trinajstić information content (AvgIpc) is 3.06. The zero-order valence-electron chi connectivity index (χ0n) is 11.5. The molecule has 2 rings (SSSR count). The Balaban J connectivity index is 1.91. The summed E-state index contributed by atoms with van der Waals surface area (Å²) < 4.78 is 0. The lowest BCUT2D eigenvalue weighted by molar-refractivity contribution is 0.0952. The van der Waals surface area contributed by atoms with Crippen LogP contribution in [0.3, 0.4) is 0 Å². The van der Waals surface area contributed by atoms with E-state index in [-0.39, 0.29) is 5.91 Å². The first-order valence-corrected chi connectivity index (χ1v) is 6.67. The topological polar surface area (TPSA) is 41.1 Å². The Morgan fingerprint density at radius 1 is 1.17 bits per heavy atom. The van der Waals surface area contributed by atoms with Crippen LogP contribution in [0, 0.1) is 20.8 Å². The number of amides is 1. The van der Waals surface area contributed by atoms with E-state index in [4.69, 9.17) is 0 Å². The molecule has 18 heavy (non-hydrogen) atoms. The van der Waals surface area contributed by atoms with Gasteiger partial charge < -0.3 is 10.6 Å². The van der Waals surface area contributed by atoms with Crippen LogP contribution in [0.25, 0.3) is 0 Å². The second kappa shape index (κ2) is 5.53. The molecule has 0 spiro atoms. The minimum absolute atomic E-state index is 0.0441. The molecule has 1 aliphatic carbocycles. The first-order chi connectivity index (χ1) is 8.58. The van der Waals surface area contributed by atoms with Gasteiger partial charge in [-0.3, -0.25) is 4.79 Å². The van der Waals surface area contributed by atoms with Crippen molar-refractivity contribution >= 4 is 5.91 Å². The van der Waals surface area contributed by atoms with E-state index in [9.17, 15) is 4.79 Å². The first-order valence-electron chi connectivity index (χ1n) is 6.67. The number of carbonyl (C=O) groups is 1. The largest absolute Gasteiger partial charge is 0.351 e. The maximum absolute atomic E-state index is 12.1. The van der Waals surface area contributed by atoms with Crippen molar-refractivity contribution in [1.82, 2.24) is 10.6 Å². The highest BCUT2D eigenvalue weighted by Gasteiger charge is 2.19. The number of nitrogens with one attached hydrogen (secondary N) is 2. The third-order valence-electron chi connectivity index (χ3n) is 3.33. The highest BCUT2D eigenvalue weighted by molar-refractivity contribution is 5.97. The zero-order chi connectivity index (χ0) is 13.1. The van der Waals surface area contributed by atoms with Crippen LogP contribution in [0.5, 0.6) is 0 Å². The summed E-state index contributed by atoms with van der Waals surface area (Å²) in [6.45, 7) is 7.61. The van der Waals surface area contributed by atoms with Crippen LogP contribution >= 0.6 is 0 Å². The predicted molar refractivity (Wildman–Crippen MR) is 74.0 cm³/mol. The van der Waals surface area contributed by atoms with Crippen molar-refractivity contribution in [1.29, 1.82) is 0 Å². The molecule has 1 aliphatic rings. The Labute approximate surface area is 109 Å². The van der Waals surface area contributed by atoms with Crippen LogP contribution in [0.15, 0.2) is 12.1 Å². The molecule has 3 heteroatoms. The molecule has 0 atom stereocenters. The lowest BCUT2D eigenvalue weighted by Crippen LogP contribution is -2.33. The molecular weight excluding hydrogens is 224 g/mol. The van der Waals surface area contributed by atoms with E-state index in [0.29, 0.717) is 12.6 Å². The van der Waals surface area contributed by atoms with Gasteiger partial charge in [-0.25, -0.2) is 0 Å². The standard InChI is InChI=1S/C15H22N2O/c1-10-8-11(2)14(12(3)9-10)15(18)17-7-6-16-13-4-5-13/h8-9,13,16H,4-7H2,1-3H3,(H,17,18). The van der Waals surface area contributed by atoms with Gasteiger partial charge in [0.05, 0.1) is 0 Å². The van der Waals surface area contributed by atoms with Crippen molar-refractivity contribution in [3.63, 3.8) is 0 Å². The van der Waals surface area contributed by atoms with Crippen molar-refractivity contribution in [2.24, 2.45) is 0 Å². The van der Waals surface area contributed by atoms with Crippen LogP contribution in [0.4, 0.5) is 0 Å². The summed E-state index contributed by atoms with van der Waals surface area (Å²) in [5.74, 6) is 0.0441. The van der Waals surface area contributed by atoms with Gasteiger partial charge in [-0.15, -0.1) is 0 Å². The third-order valence-corrected chi connectivity index (χ3v) is 3.33. The summed E-state index contributed by atoms with van der Waals surface area (Å²) in [5, 5.41) is 6.37. The van der Waals surface area contributed by atoms with Gasteiger partial charge in [0.1, 0.15) is 0 Å². The molecule has 1 amide bonds.